The Morgan fingerprint density at radius 2 is 1.93 bits per heavy atom. The van der Waals surface area contributed by atoms with Gasteiger partial charge in [0.1, 0.15) is 24.7 Å². The van der Waals surface area contributed by atoms with Crippen LogP contribution in [0, 0.1) is 5.82 Å². The molecule has 2 heterocycles. The van der Waals surface area contributed by atoms with E-state index in [2.05, 4.69) is 9.97 Å². The van der Waals surface area contributed by atoms with E-state index in [9.17, 15) is 27.5 Å². The number of quaternary nitrogens is 1. The highest BCUT2D eigenvalue weighted by molar-refractivity contribution is 5.79. The van der Waals surface area contributed by atoms with Gasteiger partial charge in [-0.1, -0.05) is 19.9 Å². The summed E-state index contributed by atoms with van der Waals surface area (Å²) in [6.07, 6.45) is -2.02. The minimum absolute atomic E-state index is 0.119. The average molecular weight is 410 g/mol. The van der Waals surface area contributed by atoms with Gasteiger partial charge in [-0.3, -0.25) is 4.98 Å². The number of aromatic nitrogens is 2. The summed E-state index contributed by atoms with van der Waals surface area (Å²) in [6, 6.07) is 6.32. The Balaban J connectivity index is 2.03. The number of alkyl halides is 3. The number of fused-ring (bicyclic) bond motifs is 1. The number of carbonyl (C=O) groups is 1. The lowest BCUT2D eigenvalue weighted by Gasteiger charge is -2.38. The molecular formula is C20H20F4N3O2+. The number of phenolic OH excluding ortho intramolecular Hbond substituents is 1. The second-order valence-corrected chi connectivity index (χ2v) is 7.73. The molecule has 1 aromatic carbocycles. The van der Waals surface area contributed by atoms with Crippen LogP contribution in [0.4, 0.5) is 17.6 Å². The maximum absolute atomic E-state index is 14.1. The van der Waals surface area contributed by atoms with Crippen LogP contribution in [-0.2, 0) is 16.8 Å². The van der Waals surface area contributed by atoms with Crippen molar-refractivity contribution in [3.8, 4) is 5.75 Å². The number of H-pyrrole nitrogens is 1. The molecule has 2 N–H and O–H groups in total. The quantitative estimate of drug-likeness (QED) is 0.274. The minimum atomic E-state index is -4.90. The van der Waals surface area contributed by atoms with Gasteiger partial charge in [-0.15, -0.1) is 13.2 Å². The van der Waals surface area contributed by atoms with E-state index in [1.165, 1.54) is 32.3 Å². The summed E-state index contributed by atoms with van der Waals surface area (Å²) in [6.45, 7) is 1.59. The van der Waals surface area contributed by atoms with Crippen molar-refractivity contribution in [3.05, 3.63) is 59.8 Å². The van der Waals surface area contributed by atoms with Crippen molar-refractivity contribution in [2.75, 3.05) is 6.54 Å². The summed E-state index contributed by atoms with van der Waals surface area (Å²) < 4.78 is 53.8. The van der Waals surface area contributed by atoms with E-state index in [-0.39, 0.29) is 17.7 Å². The number of hydrogen-bond donors (Lipinski definition) is 2. The van der Waals surface area contributed by atoms with Gasteiger partial charge in [-0.25, -0.2) is 9.18 Å². The van der Waals surface area contributed by atoms with Crippen molar-refractivity contribution >= 4 is 17.3 Å². The Morgan fingerprint density at radius 3 is 2.52 bits per heavy atom. The molecule has 1 unspecified atom stereocenters. The van der Waals surface area contributed by atoms with Gasteiger partial charge >= 0.3 is 12.7 Å². The van der Waals surface area contributed by atoms with Crippen molar-refractivity contribution in [2.45, 2.75) is 32.1 Å². The van der Waals surface area contributed by atoms with Crippen LogP contribution in [0.15, 0.2) is 42.7 Å². The molecule has 0 aliphatic rings. The molecule has 0 bridgehead atoms. The molecule has 0 aliphatic carbocycles. The molecule has 3 aromatic rings. The summed E-state index contributed by atoms with van der Waals surface area (Å²) in [5.74, 6) is -1.17. The van der Waals surface area contributed by atoms with Crippen molar-refractivity contribution < 1.29 is 31.9 Å². The number of rotatable bonds is 6. The zero-order valence-electron chi connectivity index (χ0n) is 15.8. The number of pyridine rings is 1. The molecule has 3 rings (SSSR count). The standard InChI is InChI=1S/C20H19F4N3O2/c1-19(2,16-4-3-14(21)8-18(16)29)11-27(12-28,20(22,23)24)10-15-7-13-5-6-25-9-17(13)26-15/h3-9,12H,10-11H2,1-2H3,(H-,25,26,29)/p+1. The Hall–Kier alpha value is -2.94. The van der Waals surface area contributed by atoms with Crippen LogP contribution in [0.5, 0.6) is 5.75 Å². The molecule has 29 heavy (non-hydrogen) atoms. The third kappa shape index (κ3) is 3.95. The lowest BCUT2D eigenvalue weighted by molar-refractivity contribution is -0.972. The maximum atomic E-state index is 14.1. The molecule has 1 atom stereocenters. The first-order valence-electron chi connectivity index (χ1n) is 8.78. The van der Waals surface area contributed by atoms with Crippen LogP contribution >= 0.6 is 0 Å². The third-order valence-corrected chi connectivity index (χ3v) is 5.01. The molecule has 0 saturated carbocycles. The van der Waals surface area contributed by atoms with Crippen LogP contribution < -0.4 is 0 Å². The Morgan fingerprint density at radius 1 is 1.21 bits per heavy atom. The number of amides is 1. The monoisotopic (exact) mass is 410 g/mol. The van der Waals surface area contributed by atoms with Gasteiger partial charge in [0, 0.05) is 28.6 Å². The van der Waals surface area contributed by atoms with E-state index in [0.29, 0.717) is 10.9 Å². The van der Waals surface area contributed by atoms with Gasteiger partial charge in [0.05, 0.1) is 17.4 Å². The fraction of sp³-hybridized carbons (Fsp3) is 0.300. The summed E-state index contributed by atoms with van der Waals surface area (Å²) in [5, 5.41) is 10.7. The number of nitrogens with zero attached hydrogens (tertiary/aromatic N) is 2. The van der Waals surface area contributed by atoms with Crippen LogP contribution in [0.2, 0.25) is 0 Å². The van der Waals surface area contributed by atoms with Gasteiger partial charge in [0.15, 0.2) is 0 Å². The van der Waals surface area contributed by atoms with Gasteiger partial charge in [0.25, 0.3) is 0 Å². The van der Waals surface area contributed by atoms with E-state index in [0.717, 1.165) is 12.1 Å². The first-order chi connectivity index (χ1) is 13.5. The topological polar surface area (TPSA) is 66.0 Å². The molecule has 154 valence electrons. The summed E-state index contributed by atoms with van der Waals surface area (Å²) in [4.78, 5) is 18.6. The van der Waals surface area contributed by atoms with E-state index in [1.54, 1.807) is 12.1 Å². The molecule has 0 radical (unpaired) electrons. The summed E-state index contributed by atoms with van der Waals surface area (Å²) in [7, 11) is 0. The molecule has 1 amide bonds. The molecule has 2 aromatic heterocycles. The van der Waals surface area contributed by atoms with E-state index >= 15 is 0 Å². The fourth-order valence-corrected chi connectivity index (χ4v) is 3.66. The number of phenols is 1. The SMILES string of the molecule is CC(C)(C[N+](C=O)(Cc1cc2ccncc2[nH]1)C(F)(F)F)c1ccc(F)cc1O. The van der Waals surface area contributed by atoms with Gasteiger partial charge < -0.3 is 10.1 Å². The van der Waals surface area contributed by atoms with Crippen LogP contribution in [0.1, 0.15) is 25.1 Å². The van der Waals surface area contributed by atoms with E-state index < -0.39 is 40.9 Å². The molecule has 0 aliphatic heterocycles. The predicted octanol–water partition coefficient (Wildman–Crippen LogP) is 4.38. The average Bonchev–Trinajstić information content (AvgIpc) is 3.01. The highest BCUT2D eigenvalue weighted by Crippen LogP contribution is 2.39. The summed E-state index contributed by atoms with van der Waals surface area (Å²) >= 11 is 0. The molecule has 0 fully saturated rings. The van der Waals surface area contributed by atoms with Crippen LogP contribution in [-0.4, -0.2) is 38.8 Å². The summed E-state index contributed by atoms with van der Waals surface area (Å²) in [5.41, 5.74) is -0.393. The lowest BCUT2D eigenvalue weighted by atomic mass is 9.82. The van der Waals surface area contributed by atoms with Crippen LogP contribution in [0.25, 0.3) is 10.9 Å². The lowest BCUT2D eigenvalue weighted by Crippen LogP contribution is -2.60. The Labute approximate surface area is 164 Å². The number of halogens is 4. The van der Waals surface area contributed by atoms with Crippen molar-refractivity contribution in [1.29, 1.82) is 0 Å². The smallest absolute Gasteiger partial charge is 0.508 e. The molecule has 0 spiro atoms. The Bertz CT molecular complexity index is 1010. The second-order valence-electron chi connectivity index (χ2n) is 7.73. The highest BCUT2D eigenvalue weighted by Gasteiger charge is 2.58. The third-order valence-electron chi connectivity index (χ3n) is 5.01. The minimum Gasteiger partial charge on any atom is -0.508 e. The molecular weight excluding hydrogens is 390 g/mol. The van der Waals surface area contributed by atoms with E-state index in [1.807, 2.05) is 0 Å². The number of aromatic amines is 1. The molecule has 5 nitrogen and oxygen atoms in total. The maximum Gasteiger partial charge on any atom is 0.568 e. The highest BCUT2D eigenvalue weighted by atomic mass is 19.4. The van der Waals surface area contributed by atoms with Crippen LogP contribution in [0.3, 0.4) is 0 Å². The number of benzene rings is 1. The van der Waals surface area contributed by atoms with Crippen molar-refractivity contribution in [1.82, 2.24) is 9.97 Å². The molecule has 9 heteroatoms. The first kappa shape index (κ1) is 20.8. The van der Waals surface area contributed by atoms with Gasteiger partial charge in [0.2, 0.25) is 0 Å². The molecule has 0 saturated heterocycles. The van der Waals surface area contributed by atoms with Crippen molar-refractivity contribution in [2.24, 2.45) is 0 Å². The Kier molecular flexibility index (Phi) is 5.12. The zero-order chi connectivity index (χ0) is 21.4. The zero-order valence-corrected chi connectivity index (χ0v) is 15.8. The number of carbonyl (C=O) groups excluding carboxylic acids is 1. The van der Waals surface area contributed by atoms with E-state index in [4.69, 9.17) is 0 Å². The van der Waals surface area contributed by atoms with Crippen molar-refractivity contribution in [3.63, 3.8) is 0 Å². The largest absolute Gasteiger partial charge is 0.568 e. The van der Waals surface area contributed by atoms with Gasteiger partial charge in [-0.2, -0.15) is 4.48 Å². The number of hydrogen-bond acceptors (Lipinski definition) is 3. The predicted molar refractivity (Wildman–Crippen MR) is 98.1 cm³/mol. The fourth-order valence-electron chi connectivity index (χ4n) is 3.66. The number of nitrogens with one attached hydrogen (secondary N) is 1. The van der Waals surface area contributed by atoms with Gasteiger partial charge in [-0.05, 0) is 18.2 Å². The number of aromatic hydroxyl groups is 1. The first-order valence-corrected chi connectivity index (χ1v) is 8.78. The normalized spacial score (nSPS) is 14.7. The second kappa shape index (κ2) is 7.14.